The number of benzene rings is 1. The van der Waals surface area contributed by atoms with Gasteiger partial charge >= 0.3 is 0 Å². The Bertz CT molecular complexity index is 638. The van der Waals surface area contributed by atoms with Gasteiger partial charge in [-0.25, -0.2) is 0 Å². The van der Waals surface area contributed by atoms with Gasteiger partial charge in [0.1, 0.15) is 0 Å². The van der Waals surface area contributed by atoms with Crippen LogP contribution in [0.15, 0.2) is 42.7 Å². The molecule has 2 aromatic rings. The third-order valence-electron chi connectivity index (χ3n) is 3.32. The lowest BCUT2D eigenvalue weighted by atomic mass is 10.2. The highest BCUT2D eigenvalue weighted by Gasteiger charge is 2.23. The number of hydrogen-bond donors (Lipinski definition) is 2. The lowest BCUT2D eigenvalue weighted by Gasteiger charge is -2.08. The van der Waals surface area contributed by atoms with Crippen LogP contribution in [-0.4, -0.2) is 16.9 Å². The fraction of sp³-hybridized carbons (Fsp3) is 0.250. The lowest BCUT2D eigenvalue weighted by molar-refractivity contribution is 0.0951. The zero-order valence-corrected chi connectivity index (χ0v) is 12.2. The molecule has 0 bridgehead atoms. The van der Waals surface area contributed by atoms with E-state index in [1.54, 1.807) is 12.4 Å². The van der Waals surface area contributed by atoms with Gasteiger partial charge in [0.05, 0.1) is 11.3 Å². The van der Waals surface area contributed by atoms with Crippen molar-refractivity contribution in [3.05, 3.63) is 58.9 Å². The Hall–Kier alpha value is -2.07. The van der Waals surface area contributed by atoms with Crippen LogP contribution in [-0.2, 0) is 6.54 Å². The third kappa shape index (κ3) is 3.95. The second kappa shape index (κ2) is 6.14. The van der Waals surface area contributed by atoms with Crippen molar-refractivity contribution in [1.82, 2.24) is 10.3 Å². The van der Waals surface area contributed by atoms with Crippen LogP contribution in [0.2, 0.25) is 5.02 Å². The monoisotopic (exact) mass is 301 g/mol. The van der Waals surface area contributed by atoms with Crippen LogP contribution in [0.5, 0.6) is 0 Å². The fourth-order valence-electron chi connectivity index (χ4n) is 1.96. The first-order valence-corrected chi connectivity index (χ1v) is 7.33. The summed E-state index contributed by atoms with van der Waals surface area (Å²) in [4.78, 5) is 16.1. The molecule has 1 aromatic carbocycles. The van der Waals surface area contributed by atoms with E-state index in [0.717, 1.165) is 29.1 Å². The van der Waals surface area contributed by atoms with Gasteiger partial charge < -0.3 is 10.6 Å². The van der Waals surface area contributed by atoms with E-state index in [1.807, 2.05) is 30.3 Å². The minimum absolute atomic E-state index is 0.0554. The van der Waals surface area contributed by atoms with Crippen LogP contribution in [0.4, 0.5) is 5.69 Å². The smallest absolute Gasteiger partial charge is 0.253 e. The van der Waals surface area contributed by atoms with Crippen LogP contribution in [0, 0.1) is 0 Å². The number of carbonyl (C=O) groups is 1. The second-order valence-corrected chi connectivity index (χ2v) is 5.63. The predicted molar refractivity (Wildman–Crippen MR) is 83.5 cm³/mol. The summed E-state index contributed by atoms with van der Waals surface area (Å²) in [6.07, 6.45) is 5.45. The molecule has 0 atom stereocenters. The Kier molecular flexibility index (Phi) is 4.06. The summed E-state index contributed by atoms with van der Waals surface area (Å²) in [6, 6.07) is 9.81. The first-order valence-electron chi connectivity index (χ1n) is 6.95. The molecule has 108 valence electrons. The van der Waals surface area contributed by atoms with Crippen LogP contribution < -0.4 is 10.6 Å². The van der Waals surface area contributed by atoms with Gasteiger partial charge in [-0.15, -0.1) is 0 Å². The normalized spacial score (nSPS) is 13.8. The van der Waals surface area contributed by atoms with Crippen molar-refractivity contribution in [2.45, 2.75) is 25.4 Å². The molecule has 1 fully saturated rings. The van der Waals surface area contributed by atoms with Gasteiger partial charge in [0.25, 0.3) is 5.91 Å². The fourth-order valence-corrected chi connectivity index (χ4v) is 2.09. The Morgan fingerprint density at radius 1 is 1.24 bits per heavy atom. The van der Waals surface area contributed by atoms with E-state index >= 15 is 0 Å². The summed E-state index contributed by atoms with van der Waals surface area (Å²) >= 11 is 5.86. The maximum absolute atomic E-state index is 12.0. The van der Waals surface area contributed by atoms with Crippen LogP contribution >= 0.6 is 11.6 Å². The molecule has 2 N–H and O–H groups in total. The summed E-state index contributed by atoms with van der Waals surface area (Å²) < 4.78 is 0. The Balaban J connectivity index is 1.62. The van der Waals surface area contributed by atoms with Gasteiger partial charge in [-0.1, -0.05) is 23.7 Å². The maximum atomic E-state index is 12.0. The molecule has 3 rings (SSSR count). The number of aromatic nitrogens is 1. The first-order chi connectivity index (χ1) is 10.2. The van der Waals surface area contributed by atoms with Crippen molar-refractivity contribution < 1.29 is 4.79 Å². The lowest BCUT2D eigenvalue weighted by Crippen LogP contribution is -2.25. The zero-order valence-electron chi connectivity index (χ0n) is 11.5. The molecule has 4 nitrogen and oxygen atoms in total. The summed E-state index contributed by atoms with van der Waals surface area (Å²) in [5, 5.41) is 6.94. The number of nitrogens with one attached hydrogen (secondary N) is 2. The molecule has 1 aromatic heterocycles. The number of hydrogen-bond acceptors (Lipinski definition) is 3. The molecule has 1 amide bonds. The Labute approximate surface area is 128 Å². The number of nitrogens with zero attached hydrogens (tertiary/aromatic N) is 1. The molecule has 5 heteroatoms. The van der Waals surface area contributed by atoms with Crippen molar-refractivity contribution in [2.75, 3.05) is 5.32 Å². The number of pyridine rings is 1. The largest absolute Gasteiger partial charge is 0.380 e. The molecular weight excluding hydrogens is 286 g/mol. The maximum Gasteiger partial charge on any atom is 0.253 e. The van der Waals surface area contributed by atoms with Crippen molar-refractivity contribution in [3.8, 4) is 0 Å². The average Bonchev–Trinajstić information content (AvgIpc) is 3.31. The molecule has 1 heterocycles. The molecule has 0 spiro atoms. The van der Waals surface area contributed by atoms with Gasteiger partial charge in [-0.2, -0.15) is 0 Å². The minimum Gasteiger partial charge on any atom is -0.380 e. The highest BCUT2D eigenvalue weighted by molar-refractivity contribution is 6.30. The average molecular weight is 302 g/mol. The molecule has 1 aliphatic rings. The predicted octanol–water partition coefficient (Wildman–Crippen LogP) is 3.24. The number of anilines is 1. The van der Waals surface area contributed by atoms with Gasteiger partial charge in [-0.3, -0.25) is 9.78 Å². The van der Waals surface area contributed by atoms with Crippen molar-refractivity contribution >= 4 is 23.2 Å². The highest BCUT2D eigenvalue weighted by atomic mass is 35.5. The minimum atomic E-state index is -0.0554. The van der Waals surface area contributed by atoms with Crippen molar-refractivity contribution in [3.63, 3.8) is 0 Å². The van der Waals surface area contributed by atoms with E-state index in [0.29, 0.717) is 18.2 Å². The third-order valence-corrected chi connectivity index (χ3v) is 3.57. The van der Waals surface area contributed by atoms with Crippen molar-refractivity contribution in [1.29, 1.82) is 0 Å². The molecule has 1 aliphatic carbocycles. The van der Waals surface area contributed by atoms with Gasteiger partial charge in [0, 0.05) is 30.0 Å². The Morgan fingerprint density at radius 2 is 2.00 bits per heavy atom. The SMILES string of the molecule is O=C(NC1CC1)c1cncc(NCc2ccc(Cl)cc2)c1. The topological polar surface area (TPSA) is 54.0 Å². The van der Waals surface area contributed by atoms with Crippen molar-refractivity contribution in [2.24, 2.45) is 0 Å². The number of amides is 1. The first kappa shape index (κ1) is 13.9. The number of halogens is 1. The van der Waals surface area contributed by atoms with E-state index in [2.05, 4.69) is 15.6 Å². The van der Waals surface area contributed by atoms with E-state index < -0.39 is 0 Å². The summed E-state index contributed by atoms with van der Waals surface area (Å²) in [5.74, 6) is -0.0554. The summed E-state index contributed by atoms with van der Waals surface area (Å²) in [5.41, 5.74) is 2.53. The summed E-state index contributed by atoms with van der Waals surface area (Å²) in [7, 11) is 0. The van der Waals surface area contributed by atoms with E-state index in [4.69, 9.17) is 11.6 Å². The van der Waals surface area contributed by atoms with E-state index in [-0.39, 0.29) is 5.91 Å². The van der Waals surface area contributed by atoms with Crippen LogP contribution in [0.1, 0.15) is 28.8 Å². The second-order valence-electron chi connectivity index (χ2n) is 5.19. The van der Waals surface area contributed by atoms with Gasteiger partial charge in [0.15, 0.2) is 0 Å². The molecular formula is C16H16ClN3O. The van der Waals surface area contributed by atoms with Crippen LogP contribution in [0.3, 0.4) is 0 Å². The van der Waals surface area contributed by atoms with Gasteiger partial charge in [0.2, 0.25) is 0 Å². The molecule has 1 saturated carbocycles. The highest BCUT2D eigenvalue weighted by Crippen LogP contribution is 2.20. The quantitative estimate of drug-likeness (QED) is 0.891. The van der Waals surface area contributed by atoms with E-state index in [1.165, 1.54) is 0 Å². The van der Waals surface area contributed by atoms with E-state index in [9.17, 15) is 4.79 Å². The molecule has 0 unspecified atom stereocenters. The molecule has 0 aliphatic heterocycles. The van der Waals surface area contributed by atoms with Crippen LogP contribution in [0.25, 0.3) is 0 Å². The standard InChI is InChI=1S/C16H16ClN3O/c17-13-3-1-11(2-4-13)8-19-15-7-12(9-18-10-15)16(21)20-14-5-6-14/h1-4,7,9-10,14,19H,5-6,8H2,(H,20,21). The molecule has 21 heavy (non-hydrogen) atoms. The zero-order chi connectivity index (χ0) is 14.7. The number of carbonyl (C=O) groups excluding carboxylic acids is 1. The Morgan fingerprint density at radius 3 is 2.71 bits per heavy atom. The summed E-state index contributed by atoms with van der Waals surface area (Å²) in [6.45, 7) is 0.659. The molecule has 0 radical (unpaired) electrons. The number of rotatable bonds is 5. The molecule has 0 saturated heterocycles. The van der Waals surface area contributed by atoms with Gasteiger partial charge in [-0.05, 0) is 36.6 Å².